The molecule has 4 nitrogen and oxygen atoms in total. The van der Waals surface area contributed by atoms with Gasteiger partial charge in [0.05, 0.1) is 23.4 Å². The lowest BCUT2D eigenvalue weighted by molar-refractivity contribution is 1.02. The van der Waals surface area contributed by atoms with Crippen molar-refractivity contribution in [2.24, 2.45) is 0 Å². The quantitative estimate of drug-likeness (QED) is 0.713. The Morgan fingerprint density at radius 1 is 1.10 bits per heavy atom. The smallest absolute Gasteiger partial charge is 0.0953 e. The summed E-state index contributed by atoms with van der Waals surface area (Å²) in [7, 11) is 0. The van der Waals surface area contributed by atoms with Gasteiger partial charge in [0.15, 0.2) is 0 Å². The van der Waals surface area contributed by atoms with Crippen LogP contribution < -0.4 is 11.1 Å². The van der Waals surface area contributed by atoms with Crippen molar-refractivity contribution in [3.05, 3.63) is 60.0 Å². The number of rotatable bonds is 3. The van der Waals surface area contributed by atoms with Gasteiger partial charge >= 0.3 is 0 Å². The van der Waals surface area contributed by atoms with Crippen molar-refractivity contribution >= 4 is 22.3 Å². The van der Waals surface area contributed by atoms with E-state index >= 15 is 0 Å². The number of anilines is 2. The van der Waals surface area contributed by atoms with Gasteiger partial charge < -0.3 is 11.1 Å². The fourth-order valence-corrected chi connectivity index (χ4v) is 2.22. The van der Waals surface area contributed by atoms with Gasteiger partial charge in [-0.1, -0.05) is 6.07 Å². The van der Waals surface area contributed by atoms with E-state index in [1.807, 2.05) is 49.4 Å². The van der Waals surface area contributed by atoms with Crippen molar-refractivity contribution in [3.8, 4) is 0 Å². The summed E-state index contributed by atoms with van der Waals surface area (Å²) in [5.74, 6) is 0. The van der Waals surface area contributed by atoms with Crippen LogP contribution in [-0.4, -0.2) is 9.97 Å². The number of nitrogens with two attached hydrogens (primary N) is 1. The average Bonchev–Trinajstić information content (AvgIpc) is 2.47. The maximum absolute atomic E-state index is 5.97. The van der Waals surface area contributed by atoms with E-state index in [4.69, 9.17) is 5.73 Å². The molecule has 2 aromatic heterocycles. The number of hydrogen-bond acceptors (Lipinski definition) is 4. The molecule has 0 saturated carbocycles. The molecule has 100 valence electrons. The summed E-state index contributed by atoms with van der Waals surface area (Å²) in [5, 5.41) is 4.35. The summed E-state index contributed by atoms with van der Waals surface area (Å²) in [6.07, 6.45) is 1.78. The fourth-order valence-electron chi connectivity index (χ4n) is 2.22. The van der Waals surface area contributed by atoms with Gasteiger partial charge in [-0.15, -0.1) is 0 Å². The summed E-state index contributed by atoms with van der Waals surface area (Å²) >= 11 is 0. The largest absolute Gasteiger partial charge is 0.398 e. The summed E-state index contributed by atoms with van der Waals surface area (Å²) in [6, 6.07) is 13.7. The molecule has 0 aliphatic heterocycles. The second-order valence-electron chi connectivity index (χ2n) is 4.73. The highest BCUT2D eigenvalue weighted by Crippen LogP contribution is 2.26. The number of pyridine rings is 2. The van der Waals surface area contributed by atoms with Gasteiger partial charge in [0.1, 0.15) is 0 Å². The van der Waals surface area contributed by atoms with Crippen LogP contribution in [0.15, 0.2) is 48.7 Å². The van der Waals surface area contributed by atoms with Crippen molar-refractivity contribution in [1.29, 1.82) is 0 Å². The number of aryl methyl sites for hydroxylation is 1. The molecule has 3 N–H and O–H groups in total. The SMILES string of the molecule is Cc1cccc(CNc2ccc(N)c3cccnc23)n1. The maximum atomic E-state index is 5.97. The zero-order valence-electron chi connectivity index (χ0n) is 11.3. The number of hydrogen-bond donors (Lipinski definition) is 2. The molecule has 3 aromatic rings. The number of aromatic nitrogens is 2. The minimum Gasteiger partial charge on any atom is -0.398 e. The van der Waals surface area contributed by atoms with Gasteiger partial charge in [-0.05, 0) is 43.3 Å². The second kappa shape index (κ2) is 5.17. The molecule has 0 aliphatic carbocycles. The molecule has 0 fully saturated rings. The molecular weight excluding hydrogens is 248 g/mol. The molecule has 0 aliphatic rings. The normalized spacial score (nSPS) is 10.7. The molecule has 3 rings (SSSR count). The van der Waals surface area contributed by atoms with Crippen molar-refractivity contribution < 1.29 is 0 Å². The Morgan fingerprint density at radius 2 is 2.00 bits per heavy atom. The third kappa shape index (κ3) is 2.40. The summed E-state index contributed by atoms with van der Waals surface area (Å²) in [4.78, 5) is 8.89. The first-order valence-electron chi connectivity index (χ1n) is 6.53. The highest BCUT2D eigenvalue weighted by molar-refractivity contribution is 5.98. The lowest BCUT2D eigenvalue weighted by Gasteiger charge is -2.10. The summed E-state index contributed by atoms with van der Waals surface area (Å²) in [5.41, 5.74) is 10.6. The Morgan fingerprint density at radius 3 is 2.85 bits per heavy atom. The van der Waals surface area contributed by atoms with Crippen LogP contribution >= 0.6 is 0 Å². The molecule has 0 unspecified atom stereocenters. The van der Waals surface area contributed by atoms with E-state index in [0.717, 1.165) is 33.7 Å². The molecule has 4 heteroatoms. The minimum atomic E-state index is 0.664. The van der Waals surface area contributed by atoms with Crippen LogP contribution in [0, 0.1) is 6.92 Å². The maximum Gasteiger partial charge on any atom is 0.0953 e. The number of nitrogen functional groups attached to an aromatic ring is 1. The molecule has 0 saturated heterocycles. The van der Waals surface area contributed by atoms with E-state index in [1.54, 1.807) is 6.20 Å². The third-order valence-corrected chi connectivity index (χ3v) is 3.21. The number of nitrogens with one attached hydrogen (secondary N) is 1. The highest BCUT2D eigenvalue weighted by Gasteiger charge is 2.05. The van der Waals surface area contributed by atoms with Gasteiger partial charge in [0.2, 0.25) is 0 Å². The van der Waals surface area contributed by atoms with Crippen molar-refractivity contribution in [3.63, 3.8) is 0 Å². The van der Waals surface area contributed by atoms with Crippen LogP contribution in [0.25, 0.3) is 10.9 Å². The molecule has 0 radical (unpaired) electrons. The number of nitrogens with zero attached hydrogens (tertiary/aromatic N) is 2. The number of fused-ring (bicyclic) bond motifs is 1. The first-order chi connectivity index (χ1) is 9.74. The Labute approximate surface area is 117 Å². The monoisotopic (exact) mass is 264 g/mol. The Kier molecular flexibility index (Phi) is 3.21. The average molecular weight is 264 g/mol. The van der Waals surface area contributed by atoms with E-state index < -0.39 is 0 Å². The summed E-state index contributed by atoms with van der Waals surface area (Å²) in [6.45, 7) is 2.65. The zero-order valence-corrected chi connectivity index (χ0v) is 11.3. The number of benzene rings is 1. The van der Waals surface area contributed by atoms with E-state index in [9.17, 15) is 0 Å². The van der Waals surface area contributed by atoms with E-state index in [-0.39, 0.29) is 0 Å². The Hall–Kier alpha value is -2.62. The van der Waals surface area contributed by atoms with E-state index in [0.29, 0.717) is 6.54 Å². The molecule has 0 bridgehead atoms. The zero-order chi connectivity index (χ0) is 13.9. The molecular formula is C16H16N4. The van der Waals surface area contributed by atoms with Crippen LogP contribution in [0.3, 0.4) is 0 Å². The van der Waals surface area contributed by atoms with Crippen LogP contribution in [0.1, 0.15) is 11.4 Å². The lowest BCUT2D eigenvalue weighted by Crippen LogP contribution is -2.03. The highest BCUT2D eigenvalue weighted by atomic mass is 14.9. The Balaban J connectivity index is 1.90. The topological polar surface area (TPSA) is 63.8 Å². The second-order valence-corrected chi connectivity index (χ2v) is 4.73. The first kappa shape index (κ1) is 12.4. The predicted molar refractivity (Wildman–Crippen MR) is 82.5 cm³/mol. The van der Waals surface area contributed by atoms with Crippen molar-refractivity contribution in [2.45, 2.75) is 13.5 Å². The molecule has 0 amide bonds. The fraction of sp³-hybridized carbons (Fsp3) is 0.125. The minimum absolute atomic E-state index is 0.664. The van der Waals surface area contributed by atoms with Crippen molar-refractivity contribution in [1.82, 2.24) is 9.97 Å². The standard InChI is InChI=1S/C16H16N4/c1-11-4-2-5-12(20-11)10-19-15-8-7-14(17)13-6-3-9-18-16(13)15/h2-9,19H,10,17H2,1H3. The van der Waals surface area contributed by atoms with Crippen LogP contribution in [0.2, 0.25) is 0 Å². The van der Waals surface area contributed by atoms with Gasteiger partial charge in [0, 0.05) is 23.0 Å². The third-order valence-electron chi connectivity index (χ3n) is 3.21. The van der Waals surface area contributed by atoms with Crippen LogP contribution in [0.4, 0.5) is 11.4 Å². The van der Waals surface area contributed by atoms with E-state index in [2.05, 4.69) is 15.3 Å². The molecule has 0 spiro atoms. The van der Waals surface area contributed by atoms with Crippen molar-refractivity contribution in [2.75, 3.05) is 11.1 Å². The van der Waals surface area contributed by atoms with Crippen LogP contribution in [0.5, 0.6) is 0 Å². The predicted octanol–water partition coefficient (Wildman–Crippen LogP) is 3.13. The van der Waals surface area contributed by atoms with Crippen LogP contribution in [-0.2, 0) is 6.54 Å². The first-order valence-corrected chi connectivity index (χ1v) is 6.53. The lowest BCUT2D eigenvalue weighted by atomic mass is 10.1. The molecule has 2 heterocycles. The molecule has 0 atom stereocenters. The molecule has 20 heavy (non-hydrogen) atoms. The van der Waals surface area contributed by atoms with Gasteiger partial charge in [-0.25, -0.2) is 0 Å². The van der Waals surface area contributed by atoms with Gasteiger partial charge in [-0.3, -0.25) is 9.97 Å². The van der Waals surface area contributed by atoms with E-state index in [1.165, 1.54) is 0 Å². The molecule has 1 aromatic carbocycles. The van der Waals surface area contributed by atoms with Gasteiger partial charge in [-0.2, -0.15) is 0 Å². The summed E-state index contributed by atoms with van der Waals surface area (Å²) < 4.78 is 0. The Bertz CT molecular complexity index is 752. The van der Waals surface area contributed by atoms with Gasteiger partial charge in [0.25, 0.3) is 0 Å².